The number of imidazole rings is 1. The number of halogens is 6. The first-order valence-corrected chi connectivity index (χ1v) is 10.5. The van der Waals surface area contributed by atoms with Gasteiger partial charge in [-0.05, 0) is 19.1 Å². The van der Waals surface area contributed by atoms with Crippen LogP contribution in [0.15, 0.2) is 37.1 Å². The van der Waals surface area contributed by atoms with E-state index in [1.54, 1.807) is 0 Å². The predicted molar refractivity (Wildman–Crippen MR) is 112 cm³/mol. The van der Waals surface area contributed by atoms with Gasteiger partial charge in [0.1, 0.15) is 18.1 Å². The second-order valence-electron chi connectivity index (χ2n) is 8.05. The lowest BCUT2D eigenvalue weighted by molar-refractivity contribution is -0.298. The molecule has 1 saturated heterocycles. The van der Waals surface area contributed by atoms with Gasteiger partial charge in [0.15, 0.2) is 17.3 Å². The number of hydrogen-bond donors (Lipinski definition) is 1. The predicted octanol–water partition coefficient (Wildman–Crippen LogP) is 3.36. The monoisotopic (exact) mass is 515 g/mol. The second-order valence-corrected chi connectivity index (χ2v) is 8.05. The number of aryl methyl sites for hydroxylation is 1. The maximum absolute atomic E-state index is 14.3. The van der Waals surface area contributed by atoms with Crippen molar-refractivity contribution in [1.29, 1.82) is 0 Å². The van der Waals surface area contributed by atoms with Crippen LogP contribution in [0.1, 0.15) is 23.0 Å². The molecular formula is C21H19F6N7O2. The van der Waals surface area contributed by atoms with Crippen molar-refractivity contribution in [3.05, 3.63) is 54.1 Å². The minimum absolute atomic E-state index is 0.0400. The Labute approximate surface area is 200 Å². The number of nitrogens with zero attached hydrogens (tertiary/aromatic N) is 6. The van der Waals surface area contributed by atoms with E-state index in [0.717, 1.165) is 29.4 Å². The lowest BCUT2D eigenvalue weighted by atomic mass is 10.1. The lowest BCUT2D eigenvalue weighted by Crippen LogP contribution is -2.61. The molecule has 3 aromatic rings. The standard InChI is InChI=1S/C21H19F6N7O2/c1-11-14(8-29-15-4-3-12(5-28-15)21(25,26)27)34(9-20(23,24)36-11)19(35)16-17(33(2)10-32-16)18-30-6-13(22)7-31-18/h3-7,10-11,14H,8-9H2,1-2H3,(H,28,29)/t11-,14+/m0/s1. The Morgan fingerprint density at radius 3 is 2.47 bits per heavy atom. The number of nitrogens with one attached hydrogen (secondary N) is 1. The third-order valence-corrected chi connectivity index (χ3v) is 5.47. The highest BCUT2D eigenvalue weighted by Gasteiger charge is 2.48. The zero-order valence-corrected chi connectivity index (χ0v) is 18.8. The first-order chi connectivity index (χ1) is 16.9. The Hall–Kier alpha value is -3.75. The molecule has 4 heterocycles. The molecule has 1 aliphatic rings. The van der Waals surface area contributed by atoms with E-state index in [1.807, 2.05) is 0 Å². The van der Waals surface area contributed by atoms with Gasteiger partial charge in [0.05, 0.1) is 36.4 Å². The van der Waals surface area contributed by atoms with Crippen molar-refractivity contribution in [2.24, 2.45) is 7.05 Å². The number of alkyl halides is 5. The molecule has 0 aromatic carbocycles. The SMILES string of the molecule is C[C@@H]1OC(F)(F)CN(C(=O)c2ncn(C)c2-c2ncc(F)cn2)[C@@H]1CNc1ccc(C(F)(F)F)cn1. The number of hydrogen-bond acceptors (Lipinski definition) is 7. The van der Waals surface area contributed by atoms with Crippen LogP contribution < -0.4 is 5.32 Å². The molecule has 0 spiro atoms. The molecule has 4 rings (SSSR count). The average Bonchev–Trinajstić information content (AvgIpc) is 3.18. The summed E-state index contributed by atoms with van der Waals surface area (Å²) in [5, 5.41) is 2.76. The van der Waals surface area contributed by atoms with Crippen molar-refractivity contribution in [2.75, 3.05) is 18.4 Å². The molecule has 0 unspecified atom stereocenters. The van der Waals surface area contributed by atoms with Crippen molar-refractivity contribution in [1.82, 2.24) is 29.4 Å². The zero-order valence-electron chi connectivity index (χ0n) is 18.8. The molecule has 2 atom stereocenters. The van der Waals surface area contributed by atoms with Crippen LogP contribution >= 0.6 is 0 Å². The number of rotatable bonds is 5. The molecule has 0 bridgehead atoms. The molecule has 1 aliphatic heterocycles. The molecule has 1 N–H and O–H groups in total. The van der Waals surface area contributed by atoms with E-state index >= 15 is 0 Å². The molecule has 192 valence electrons. The lowest BCUT2D eigenvalue weighted by Gasteiger charge is -2.43. The number of carbonyl (C=O) groups is 1. The van der Waals surface area contributed by atoms with E-state index in [9.17, 15) is 31.1 Å². The number of pyridine rings is 1. The first-order valence-electron chi connectivity index (χ1n) is 10.5. The number of amides is 1. The Balaban J connectivity index is 1.60. The fraction of sp³-hybridized carbons (Fsp3) is 0.381. The number of morpholine rings is 1. The Kier molecular flexibility index (Phi) is 6.60. The van der Waals surface area contributed by atoms with Crippen LogP contribution in [0.2, 0.25) is 0 Å². The molecular weight excluding hydrogens is 496 g/mol. The highest BCUT2D eigenvalue weighted by Crippen LogP contribution is 2.32. The number of carbonyl (C=O) groups excluding carboxylic acids is 1. The van der Waals surface area contributed by atoms with Gasteiger partial charge in [-0.2, -0.15) is 22.0 Å². The fourth-order valence-electron chi connectivity index (χ4n) is 3.75. The zero-order chi connectivity index (χ0) is 26.3. The van der Waals surface area contributed by atoms with E-state index in [4.69, 9.17) is 4.74 Å². The minimum atomic E-state index is -4.57. The summed E-state index contributed by atoms with van der Waals surface area (Å²) < 4.78 is 86.3. The van der Waals surface area contributed by atoms with Gasteiger partial charge in [-0.25, -0.2) is 24.3 Å². The molecule has 9 nitrogen and oxygen atoms in total. The van der Waals surface area contributed by atoms with Crippen molar-refractivity contribution in [3.63, 3.8) is 0 Å². The van der Waals surface area contributed by atoms with Crippen LogP contribution in [0.3, 0.4) is 0 Å². The quantitative estimate of drug-likeness (QED) is 0.521. The first kappa shape index (κ1) is 25.3. The van der Waals surface area contributed by atoms with Crippen LogP contribution in [-0.4, -0.2) is 66.7 Å². The van der Waals surface area contributed by atoms with Crippen molar-refractivity contribution < 1.29 is 35.9 Å². The van der Waals surface area contributed by atoms with Gasteiger partial charge in [0, 0.05) is 19.8 Å². The van der Waals surface area contributed by atoms with Gasteiger partial charge in [0.2, 0.25) is 0 Å². The van der Waals surface area contributed by atoms with E-state index in [0.29, 0.717) is 6.20 Å². The van der Waals surface area contributed by atoms with Gasteiger partial charge in [0.25, 0.3) is 5.91 Å². The molecule has 0 saturated carbocycles. The Bertz CT molecular complexity index is 1230. The third-order valence-electron chi connectivity index (χ3n) is 5.47. The van der Waals surface area contributed by atoms with E-state index in [1.165, 1.54) is 24.9 Å². The molecule has 1 amide bonds. The summed E-state index contributed by atoms with van der Waals surface area (Å²) in [7, 11) is 1.53. The Morgan fingerprint density at radius 2 is 1.86 bits per heavy atom. The molecule has 36 heavy (non-hydrogen) atoms. The van der Waals surface area contributed by atoms with Crippen LogP contribution in [0.4, 0.5) is 32.2 Å². The van der Waals surface area contributed by atoms with Crippen LogP contribution in [0, 0.1) is 5.82 Å². The summed E-state index contributed by atoms with van der Waals surface area (Å²) in [6.45, 7) is 0.0576. The van der Waals surface area contributed by atoms with Gasteiger partial charge in [-0.15, -0.1) is 0 Å². The average molecular weight is 515 g/mol. The van der Waals surface area contributed by atoms with Gasteiger partial charge < -0.3 is 19.5 Å². The van der Waals surface area contributed by atoms with Crippen molar-refractivity contribution in [2.45, 2.75) is 31.4 Å². The normalized spacial score (nSPS) is 19.8. The minimum Gasteiger partial charge on any atom is -0.368 e. The number of anilines is 1. The van der Waals surface area contributed by atoms with Crippen molar-refractivity contribution >= 4 is 11.7 Å². The van der Waals surface area contributed by atoms with E-state index < -0.39 is 48.3 Å². The van der Waals surface area contributed by atoms with E-state index in [-0.39, 0.29) is 29.6 Å². The topological polar surface area (TPSA) is 98.1 Å². The molecule has 3 aromatic heterocycles. The third kappa shape index (κ3) is 5.24. The Morgan fingerprint density at radius 1 is 1.17 bits per heavy atom. The maximum atomic E-state index is 14.3. The molecule has 0 aliphatic carbocycles. The van der Waals surface area contributed by atoms with Gasteiger partial charge in [-0.3, -0.25) is 4.79 Å². The van der Waals surface area contributed by atoms with Crippen LogP contribution in [0.25, 0.3) is 11.5 Å². The molecule has 1 fully saturated rings. The summed E-state index contributed by atoms with van der Waals surface area (Å²) in [5.74, 6) is -1.60. The smallest absolute Gasteiger partial charge is 0.368 e. The largest absolute Gasteiger partial charge is 0.417 e. The molecule has 15 heteroatoms. The maximum Gasteiger partial charge on any atom is 0.417 e. The summed E-state index contributed by atoms with van der Waals surface area (Å²) >= 11 is 0. The number of ether oxygens (including phenoxy) is 1. The highest BCUT2D eigenvalue weighted by atomic mass is 19.4. The van der Waals surface area contributed by atoms with Crippen LogP contribution in [-0.2, 0) is 18.0 Å². The van der Waals surface area contributed by atoms with Gasteiger partial charge >= 0.3 is 12.3 Å². The van der Waals surface area contributed by atoms with E-state index in [2.05, 4.69) is 25.3 Å². The fourth-order valence-corrected chi connectivity index (χ4v) is 3.75. The highest BCUT2D eigenvalue weighted by molar-refractivity contribution is 5.98. The van der Waals surface area contributed by atoms with Crippen LogP contribution in [0.5, 0.6) is 0 Å². The van der Waals surface area contributed by atoms with Crippen molar-refractivity contribution in [3.8, 4) is 11.5 Å². The summed E-state index contributed by atoms with van der Waals surface area (Å²) in [6, 6.07) is 0.918. The number of aromatic nitrogens is 5. The van der Waals surface area contributed by atoms with Gasteiger partial charge in [-0.1, -0.05) is 0 Å². The summed E-state index contributed by atoms with van der Waals surface area (Å²) in [5.41, 5.74) is -1.12. The second kappa shape index (κ2) is 9.37. The summed E-state index contributed by atoms with van der Waals surface area (Å²) in [6.07, 6.45) is -5.75. The summed E-state index contributed by atoms with van der Waals surface area (Å²) in [4.78, 5) is 29.7. The molecule has 0 radical (unpaired) electrons.